The molecule has 1 N–H and O–H groups in total. The summed E-state index contributed by atoms with van der Waals surface area (Å²) in [6, 6.07) is 4.68. The number of hydrogen-bond acceptors (Lipinski definition) is 6. The smallest absolute Gasteiger partial charge is 0.374 e. The van der Waals surface area contributed by atoms with E-state index in [-0.39, 0.29) is 23.7 Å². The molecule has 1 aromatic carbocycles. The molecule has 0 spiro atoms. The summed E-state index contributed by atoms with van der Waals surface area (Å²) in [5.41, 5.74) is 0.352. The molecule has 0 saturated heterocycles. The number of esters is 1. The Morgan fingerprint density at radius 2 is 2.24 bits per heavy atom. The van der Waals surface area contributed by atoms with E-state index < -0.39 is 16.7 Å². The Hall–Kier alpha value is -2.90. The zero-order valence-corrected chi connectivity index (χ0v) is 11.0. The second-order valence-electron chi connectivity index (χ2n) is 4.08. The predicted octanol–water partition coefficient (Wildman–Crippen LogP) is 2.73. The monoisotopic (exact) mass is 294 g/mol. The molecule has 8 heteroatoms. The molecule has 0 aliphatic rings. The summed E-state index contributed by atoms with van der Waals surface area (Å²) >= 11 is 0. The first-order valence-corrected chi connectivity index (χ1v) is 5.85. The molecule has 0 bridgehead atoms. The predicted molar refractivity (Wildman–Crippen MR) is 70.4 cm³/mol. The van der Waals surface area contributed by atoms with E-state index in [2.05, 4.69) is 10.1 Å². The summed E-state index contributed by atoms with van der Waals surface area (Å²) in [4.78, 5) is 21.4. The highest BCUT2D eigenvalue weighted by atomic mass is 19.1. The Labute approximate surface area is 118 Å². The van der Waals surface area contributed by atoms with Gasteiger partial charge in [-0.2, -0.15) is 0 Å². The third-order valence-electron chi connectivity index (χ3n) is 2.69. The molecular weight excluding hydrogens is 283 g/mol. The summed E-state index contributed by atoms with van der Waals surface area (Å²) in [6.45, 7) is 0.127. The molecule has 110 valence electrons. The Morgan fingerprint density at radius 3 is 2.90 bits per heavy atom. The highest BCUT2D eigenvalue weighted by molar-refractivity contribution is 5.87. The Balaban J connectivity index is 2.15. The van der Waals surface area contributed by atoms with Crippen molar-refractivity contribution in [1.82, 2.24) is 0 Å². The number of anilines is 1. The minimum Gasteiger partial charge on any atom is -0.463 e. The number of nitrogens with one attached hydrogen (secondary N) is 1. The van der Waals surface area contributed by atoms with Gasteiger partial charge in [-0.1, -0.05) is 0 Å². The van der Waals surface area contributed by atoms with Crippen molar-refractivity contribution in [2.75, 3.05) is 12.4 Å². The number of halogens is 1. The number of benzene rings is 1. The molecule has 0 unspecified atom stereocenters. The zero-order chi connectivity index (χ0) is 15.4. The quantitative estimate of drug-likeness (QED) is 0.517. The van der Waals surface area contributed by atoms with Gasteiger partial charge in [-0.3, -0.25) is 10.1 Å². The minimum absolute atomic E-state index is 0.0240. The van der Waals surface area contributed by atoms with Gasteiger partial charge >= 0.3 is 5.97 Å². The van der Waals surface area contributed by atoms with Gasteiger partial charge in [0, 0.05) is 23.9 Å². The van der Waals surface area contributed by atoms with Crippen LogP contribution in [0.15, 0.2) is 34.9 Å². The van der Waals surface area contributed by atoms with Gasteiger partial charge in [0.05, 0.1) is 24.4 Å². The molecule has 0 atom stereocenters. The molecule has 0 radical (unpaired) electrons. The van der Waals surface area contributed by atoms with E-state index >= 15 is 0 Å². The van der Waals surface area contributed by atoms with Crippen LogP contribution in [0, 0.1) is 15.9 Å². The third kappa shape index (κ3) is 3.35. The number of carbonyl (C=O) groups is 1. The summed E-state index contributed by atoms with van der Waals surface area (Å²) in [6.07, 6.45) is 1.32. The standard InChI is InChI=1S/C13H11FN2O5/c1-20-13(17)12-8(2-3-21-12)7-15-10-4-9(14)5-11(6-10)16(18)19/h2-6,15H,7H2,1H3. The van der Waals surface area contributed by atoms with Crippen LogP contribution in [-0.2, 0) is 11.3 Å². The van der Waals surface area contributed by atoms with E-state index in [0.29, 0.717) is 5.56 Å². The van der Waals surface area contributed by atoms with Crippen LogP contribution < -0.4 is 5.32 Å². The number of furan rings is 1. The number of carbonyl (C=O) groups excluding carboxylic acids is 1. The van der Waals surface area contributed by atoms with Gasteiger partial charge in [0.2, 0.25) is 5.76 Å². The van der Waals surface area contributed by atoms with Crippen LogP contribution in [0.2, 0.25) is 0 Å². The molecule has 7 nitrogen and oxygen atoms in total. The van der Waals surface area contributed by atoms with Crippen LogP contribution in [-0.4, -0.2) is 18.0 Å². The summed E-state index contributed by atoms with van der Waals surface area (Å²) in [5, 5.41) is 13.4. The third-order valence-corrected chi connectivity index (χ3v) is 2.69. The lowest BCUT2D eigenvalue weighted by molar-refractivity contribution is -0.385. The Kier molecular flexibility index (Phi) is 4.17. The van der Waals surface area contributed by atoms with E-state index in [1.165, 1.54) is 19.4 Å². The fraction of sp³-hybridized carbons (Fsp3) is 0.154. The summed E-state index contributed by atoms with van der Waals surface area (Å²) in [5.74, 6) is -1.34. The molecule has 0 aliphatic heterocycles. The van der Waals surface area contributed by atoms with Gasteiger partial charge in [0.1, 0.15) is 5.82 Å². The van der Waals surface area contributed by atoms with Crippen molar-refractivity contribution in [3.63, 3.8) is 0 Å². The van der Waals surface area contributed by atoms with Gasteiger partial charge in [0.15, 0.2) is 0 Å². The number of nitrogens with zero attached hydrogens (tertiary/aromatic N) is 1. The first-order valence-electron chi connectivity index (χ1n) is 5.85. The van der Waals surface area contributed by atoms with E-state index in [9.17, 15) is 19.3 Å². The van der Waals surface area contributed by atoms with Crippen LogP contribution in [0.4, 0.5) is 15.8 Å². The average Bonchev–Trinajstić information content (AvgIpc) is 2.92. The first kappa shape index (κ1) is 14.5. The first-order chi connectivity index (χ1) is 10.0. The number of methoxy groups -OCH3 is 1. The maximum absolute atomic E-state index is 13.3. The van der Waals surface area contributed by atoms with Crippen molar-refractivity contribution in [3.8, 4) is 0 Å². The van der Waals surface area contributed by atoms with Crippen LogP contribution in [0.5, 0.6) is 0 Å². The van der Waals surface area contributed by atoms with Crippen LogP contribution in [0.1, 0.15) is 16.1 Å². The number of rotatable bonds is 5. The molecule has 0 fully saturated rings. The van der Waals surface area contributed by atoms with Crippen molar-refractivity contribution in [1.29, 1.82) is 0 Å². The molecule has 1 aromatic heterocycles. The largest absolute Gasteiger partial charge is 0.463 e. The number of hydrogen-bond donors (Lipinski definition) is 1. The Morgan fingerprint density at radius 1 is 1.48 bits per heavy atom. The summed E-state index contributed by atoms with van der Waals surface area (Å²) < 4.78 is 22.8. The fourth-order valence-electron chi connectivity index (χ4n) is 1.73. The Bertz CT molecular complexity index is 683. The number of non-ortho nitro benzene ring substituents is 1. The van der Waals surface area contributed by atoms with E-state index in [4.69, 9.17) is 4.42 Å². The zero-order valence-electron chi connectivity index (χ0n) is 11.0. The lowest BCUT2D eigenvalue weighted by atomic mass is 10.2. The van der Waals surface area contributed by atoms with Crippen molar-refractivity contribution in [2.24, 2.45) is 0 Å². The van der Waals surface area contributed by atoms with Gasteiger partial charge in [-0.15, -0.1) is 0 Å². The molecule has 0 amide bonds. The van der Waals surface area contributed by atoms with Gasteiger partial charge in [0.25, 0.3) is 5.69 Å². The second-order valence-corrected chi connectivity index (χ2v) is 4.08. The molecule has 2 rings (SSSR count). The lowest BCUT2D eigenvalue weighted by Crippen LogP contribution is -2.07. The second kappa shape index (κ2) is 6.04. The minimum atomic E-state index is -0.730. The molecule has 0 saturated carbocycles. The van der Waals surface area contributed by atoms with E-state index in [1.807, 2.05) is 0 Å². The number of nitro benzene ring substituents is 1. The van der Waals surface area contributed by atoms with Crippen molar-refractivity contribution in [3.05, 3.63) is 57.8 Å². The highest BCUT2D eigenvalue weighted by Gasteiger charge is 2.16. The molecule has 1 heterocycles. The number of ether oxygens (including phenoxy) is 1. The maximum Gasteiger partial charge on any atom is 0.374 e. The normalized spacial score (nSPS) is 10.2. The number of nitro groups is 1. The van der Waals surface area contributed by atoms with Crippen LogP contribution in [0.25, 0.3) is 0 Å². The van der Waals surface area contributed by atoms with E-state index in [0.717, 1.165) is 12.1 Å². The van der Waals surface area contributed by atoms with Gasteiger partial charge in [-0.05, 0) is 12.1 Å². The topological polar surface area (TPSA) is 94.6 Å². The van der Waals surface area contributed by atoms with Gasteiger partial charge < -0.3 is 14.5 Å². The molecule has 2 aromatic rings. The fourth-order valence-corrected chi connectivity index (χ4v) is 1.73. The van der Waals surface area contributed by atoms with Crippen molar-refractivity contribution >= 4 is 17.3 Å². The van der Waals surface area contributed by atoms with E-state index in [1.54, 1.807) is 6.07 Å². The summed E-state index contributed by atoms with van der Waals surface area (Å²) in [7, 11) is 1.22. The molecule has 0 aliphatic carbocycles. The highest BCUT2D eigenvalue weighted by Crippen LogP contribution is 2.21. The van der Waals surface area contributed by atoms with Crippen LogP contribution >= 0.6 is 0 Å². The molecule has 21 heavy (non-hydrogen) atoms. The van der Waals surface area contributed by atoms with Crippen molar-refractivity contribution < 1.29 is 23.3 Å². The lowest BCUT2D eigenvalue weighted by Gasteiger charge is -2.06. The van der Waals surface area contributed by atoms with Crippen LogP contribution in [0.3, 0.4) is 0 Å². The molecular formula is C13H11FN2O5. The SMILES string of the molecule is COC(=O)c1occc1CNc1cc(F)cc([N+](=O)[O-])c1. The van der Waals surface area contributed by atoms with Crippen molar-refractivity contribution in [2.45, 2.75) is 6.54 Å². The maximum atomic E-state index is 13.3. The average molecular weight is 294 g/mol. The van der Waals surface area contributed by atoms with Gasteiger partial charge in [-0.25, -0.2) is 9.18 Å².